The van der Waals surface area contributed by atoms with Gasteiger partial charge in [-0.05, 0) is 29.8 Å². The van der Waals surface area contributed by atoms with E-state index in [1.165, 1.54) is 4.90 Å². The summed E-state index contributed by atoms with van der Waals surface area (Å²) in [5, 5.41) is 0.557. The Balaban J connectivity index is 1.49. The van der Waals surface area contributed by atoms with Crippen molar-refractivity contribution < 1.29 is 14.4 Å². The number of carbonyl (C=O) groups is 3. The number of halogens is 1. The molecule has 2 aromatic carbocycles. The summed E-state index contributed by atoms with van der Waals surface area (Å²) in [5.41, 5.74) is 1.44. The molecular weight excluding hydrogens is 408 g/mol. The van der Waals surface area contributed by atoms with Crippen LogP contribution < -0.4 is 0 Å². The van der Waals surface area contributed by atoms with Crippen LogP contribution in [-0.4, -0.2) is 51.1 Å². The van der Waals surface area contributed by atoms with E-state index in [4.69, 9.17) is 11.6 Å². The fraction of sp³-hybridized carbons (Fsp3) is 0.318. The van der Waals surface area contributed by atoms with Gasteiger partial charge in [-0.2, -0.15) is 0 Å². The van der Waals surface area contributed by atoms with Crippen LogP contribution in [-0.2, 0) is 16.1 Å². The number of nitrogens with zero attached hydrogens (tertiary/aromatic N) is 2. The van der Waals surface area contributed by atoms with Gasteiger partial charge in [0.15, 0.2) is 5.78 Å². The number of thioether (sulfide) groups is 1. The number of hydrogen-bond donors (Lipinski definition) is 0. The van der Waals surface area contributed by atoms with Crippen LogP contribution >= 0.6 is 23.4 Å². The molecule has 0 bridgehead atoms. The summed E-state index contributed by atoms with van der Waals surface area (Å²) in [4.78, 5) is 43.4. The van der Waals surface area contributed by atoms with Gasteiger partial charge in [-0.1, -0.05) is 41.9 Å². The smallest absolute Gasteiger partial charge is 0.235 e. The van der Waals surface area contributed by atoms with Crippen molar-refractivity contribution in [2.45, 2.75) is 18.6 Å². The van der Waals surface area contributed by atoms with E-state index in [-0.39, 0.29) is 30.2 Å². The van der Waals surface area contributed by atoms with Crippen molar-refractivity contribution in [1.82, 2.24) is 9.80 Å². The number of fused-ring (bicyclic) bond motifs is 3. The summed E-state index contributed by atoms with van der Waals surface area (Å²) in [6.45, 7) is 0.257. The maximum Gasteiger partial charge on any atom is 0.235 e. The third-order valence-electron chi connectivity index (χ3n) is 6.14. The van der Waals surface area contributed by atoms with E-state index in [2.05, 4.69) is 4.90 Å². The lowest BCUT2D eigenvalue weighted by atomic mass is 9.86. The Morgan fingerprint density at radius 2 is 1.69 bits per heavy atom. The maximum atomic E-state index is 13.4. The Bertz CT molecular complexity index is 981. The van der Waals surface area contributed by atoms with Gasteiger partial charge in [0, 0.05) is 28.3 Å². The first-order valence-electron chi connectivity index (χ1n) is 9.58. The van der Waals surface area contributed by atoms with Crippen LogP contribution in [0.4, 0.5) is 0 Å². The summed E-state index contributed by atoms with van der Waals surface area (Å²) in [6.07, 6.45) is 0. The Morgan fingerprint density at radius 3 is 2.41 bits per heavy atom. The molecule has 0 aromatic heterocycles. The van der Waals surface area contributed by atoms with Crippen LogP contribution in [0.1, 0.15) is 15.9 Å². The maximum absolute atomic E-state index is 13.4. The normalized spacial score (nSPS) is 28.7. The lowest BCUT2D eigenvalue weighted by molar-refractivity contribution is -0.142. The quantitative estimate of drug-likeness (QED) is 0.555. The Labute approximate surface area is 178 Å². The molecule has 4 atom stereocenters. The van der Waals surface area contributed by atoms with Crippen molar-refractivity contribution in [1.29, 1.82) is 0 Å². The van der Waals surface area contributed by atoms with E-state index in [9.17, 15) is 14.4 Å². The van der Waals surface area contributed by atoms with Crippen molar-refractivity contribution in [3.05, 3.63) is 70.7 Å². The predicted molar refractivity (Wildman–Crippen MR) is 112 cm³/mol. The van der Waals surface area contributed by atoms with Crippen molar-refractivity contribution in [3.8, 4) is 0 Å². The van der Waals surface area contributed by atoms with Crippen molar-refractivity contribution >= 4 is 41.0 Å². The van der Waals surface area contributed by atoms with Crippen LogP contribution in [0.2, 0.25) is 5.02 Å². The molecule has 5 rings (SSSR count). The number of Topliss-reactive ketones (excluding diaryl/α,β-unsaturated/α-hetero) is 1. The molecule has 2 amide bonds. The largest absolute Gasteiger partial charge is 0.292 e. The molecule has 7 heteroatoms. The third kappa shape index (κ3) is 3.01. The first-order valence-corrected chi connectivity index (χ1v) is 11.1. The highest BCUT2D eigenvalue weighted by Crippen LogP contribution is 2.48. The van der Waals surface area contributed by atoms with Gasteiger partial charge in [-0.25, -0.2) is 0 Å². The summed E-state index contributed by atoms with van der Waals surface area (Å²) in [7, 11) is 0. The summed E-state index contributed by atoms with van der Waals surface area (Å²) in [5.74, 6) is -0.0968. The van der Waals surface area contributed by atoms with E-state index in [1.54, 1.807) is 36.0 Å². The molecule has 5 nitrogen and oxygen atoms in total. The molecule has 29 heavy (non-hydrogen) atoms. The number of benzene rings is 2. The molecule has 2 aromatic rings. The van der Waals surface area contributed by atoms with Crippen LogP contribution in [0.3, 0.4) is 0 Å². The van der Waals surface area contributed by atoms with Crippen molar-refractivity contribution in [2.24, 2.45) is 11.8 Å². The minimum atomic E-state index is -0.611. The van der Waals surface area contributed by atoms with E-state index in [1.807, 2.05) is 30.3 Å². The highest BCUT2D eigenvalue weighted by Gasteiger charge is 2.64. The van der Waals surface area contributed by atoms with Crippen LogP contribution in [0.5, 0.6) is 0 Å². The Kier molecular flexibility index (Phi) is 4.73. The van der Waals surface area contributed by atoms with E-state index in [0.717, 1.165) is 11.3 Å². The van der Waals surface area contributed by atoms with Gasteiger partial charge >= 0.3 is 0 Å². The van der Waals surface area contributed by atoms with Gasteiger partial charge in [0.1, 0.15) is 0 Å². The van der Waals surface area contributed by atoms with Crippen LogP contribution in [0.15, 0.2) is 54.6 Å². The van der Waals surface area contributed by atoms with Gasteiger partial charge in [0.25, 0.3) is 0 Å². The molecule has 3 heterocycles. The second kappa shape index (κ2) is 7.27. The van der Waals surface area contributed by atoms with E-state index < -0.39 is 17.9 Å². The van der Waals surface area contributed by atoms with Crippen LogP contribution in [0.25, 0.3) is 0 Å². The zero-order chi connectivity index (χ0) is 20.1. The lowest BCUT2D eigenvalue weighted by Crippen LogP contribution is -2.45. The van der Waals surface area contributed by atoms with Crippen LogP contribution in [0, 0.1) is 11.8 Å². The molecule has 0 saturated carbocycles. The molecule has 0 N–H and O–H groups in total. The predicted octanol–water partition coefficient (Wildman–Crippen LogP) is 3.08. The van der Waals surface area contributed by atoms with E-state index in [0.29, 0.717) is 16.5 Å². The minimum absolute atomic E-state index is 0.0662. The number of hydrogen-bond acceptors (Lipinski definition) is 5. The third-order valence-corrected chi connectivity index (χ3v) is 7.45. The first kappa shape index (κ1) is 18.9. The number of imide groups is 1. The SMILES string of the molecule is O=C(c1ccc(Cl)cc1)[C@@H]1[C@H]2C(=O)N(Cc3ccccc3)C(=O)[C@H]2[C@H]2CSCN21. The summed E-state index contributed by atoms with van der Waals surface area (Å²) >= 11 is 7.68. The summed E-state index contributed by atoms with van der Waals surface area (Å²) < 4.78 is 0. The standard InChI is InChI=1S/C22H19ClN2O3S/c23-15-8-6-14(7-9-15)20(26)19-18-17(16-11-29-12-25(16)19)21(27)24(22(18)28)10-13-4-2-1-3-5-13/h1-9,16-19H,10-12H2/t16-,17+,18+,19+/m1/s1. The minimum Gasteiger partial charge on any atom is -0.292 e. The highest BCUT2D eigenvalue weighted by molar-refractivity contribution is 7.99. The molecule has 148 valence electrons. The van der Waals surface area contributed by atoms with E-state index >= 15 is 0 Å². The van der Waals surface area contributed by atoms with Gasteiger partial charge in [0.2, 0.25) is 11.8 Å². The monoisotopic (exact) mass is 426 g/mol. The van der Waals surface area contributed by atoms with Crippen molar-refractivity contribution in [3.63, 3.8) is 0 Å². The topological polar surface area (TPSA) is 57.7 Å². The molecule has 0 unspecified atom stereocenters. The van der Waals surface area contributed by atoms with Gasteiger partial charge in [0.05, 0.1) is 24.4 Å². The average molecular weight is 427 g/mol. The molecule has 0 aliphatic carbocycles. The average Bonchev–Trinajstić information content (AvgIpc) is 3.37. The zero-order valence-corrected chi connectivity index (χ0v) is 17.1. The lowest BCUT2D eigenvalue weighted by Gasteiger charge is -2.27. The van der Waals surface area contributed by atoms with Gasteiger partial charge in [-0.15, -0.1) is 11.8 Å². The summed E-state index contributed by atoms with van der Waals surface area (Å²) in [6, 6.07) is 15.6. The molecule has 0 radical (unpaired) electrons. The molecule has 3 saturated heterocycles. The Hall–Kier alpha value is -2.15. The molecular formula is C22H19ClN2O3S. The zero-order valence-electron chi connectivity index (χ0n) is 15.5. The van der Waals surface area contributed by atoms with Gasteiger partial charge < -0.3 is 0 Å². The van der Waals surface area contributed by atoms with Crippen molar-refractivity contribution in [2.75, 3.05) is 11.6 Å². The number of rotatable bonds is 4. The Morgan fingerprint density at radius 1 is 1.00 bits per heavy atom. The fourth-order valence-corrected chi connectivity index (χ4v) is 6.24. The molecule has 3 aliphatic heterocycles. The molecule has 0 spiro atoms. The number of carbonyl (C=O) groups excluding carboxylic acids is 3. The molecule has 3 aliphatic rings. The highest BCUT2D eigenvalue weighted by atomic mass is 35.5. The second-order valence-electron chi connectivity index (χ2n) is 7.70. The fourth-order valence-electron chi connectivity index (χ4n) is 4.80. The number of amides is 2. The second-order valence-corrected chi connectivity index (χ2v) is 9.13. The number of likely N-dealkylation sites (tertiary alicyclic amines) is 1. The molecule has 3 fully saturated rings. The van der Waals surface area contributed by atoms with Gasteiger partial charge in [-0.3, -0.25) is 24.2 Å². The number of ketones is 1. The first-order chi connectivity index (χ1) is 14.1.